The van der Waals surface area contributed by atoms with Crippen molar-refractivity contribution in [1.29, 1.82) is 0 Å². The number of ether oxygens (including phenoxy) is 1. The summed E-state index contributed by atoms with van der Waals surface area (Å²) in [5.41, 5.74) is 0. The van der Waals surface area contributed by atoms with E-state index >= 15 is 0 Å². The molecule has 0 aliphatic carbocycles. The fourth-order valence-corrected chi connectivity index (χ4v) is 2.51. The molecule has 0 saturated carbocycles. The van der Waals surface area contributed by atoms with Crippen molar-refractivity contribution in [2.75, 3.05) is 6.61 Å². The van der Waals surface area contributed by atoms with E-state index in [0.717, 1.165) is 0 Å². The van der Waals surface area contributed by atoms with Gasteiger partial charge in [-0.1, -0.05) is 13.8 Å². The predicted molar refractivity (Wildman–Crippen MR) is 59.9 cm³/mol. The number of hydrogen-bond donors (Lipinski definition) is 1. The fraction of sp³-hybridized carbons (Fsp3) is 0.889. The molecule has 1 fully saturated rings. The summed E-state index contributed by atoms with van der Waals surface area (Å²) >= 11 is 0. The Bertz CT molecular complexity index is 348. The van der Waals surface area contributed by atoms with Crippen LogP contribution in [0, 0.1) is 5.92 Å². The quantitative estimate of drug-likeness (QED) is 0.533. The lowest BCUT2D eigenvalue weighted by Gasteiger charge is -2.27. The Balaban J connectivity index is 2.59. The second kappa shape index (κ2) is 6.17. The maximum Gasteiger partial charge on any atom is 0.335 e. The zero-order valence-corrected chi connectivity index (χ0v) is 11.0. The Labute approximate surface area is 106 Å². The van der Waals surface area contributed by atoms with Gasteiger partial charge in [-0.05, 0) is 12.3 Å². The molecule has 0 amide bonds. The van der Waals surface area contributed by atoms with E-state index in [0.29, 0.717) is 0 Å². The van der Waals surface area contributed by atoms with Crippen LogP contribution in [0.4, 0.5) is 0 Å². The van der Waals surface area contributed by atoms with Gasteiger partial charge in [0.2, 0.25) is 0 Å². The van der Waals surface area contributed by atoms with Crippen molar-refractivity contribution < 1.29 is 33.1 Å². The molecule has 1 heterocycles. The first-order valence-electron chi connectivity index (χ1n) is 5.49. The molecule has 102 valence electrons. The predicted octanol–water partition coefficient (Wildman–Crippen LogP) is -0.119. The molecule has 1 aliphatic rings. The van der Waals surface area contributed by atoms with Gasteiger partial charge >= 0.3 is 5.97 Å². The first kappa shape index (κ1) is 15.7. The van der Waals surface area contributed by atoms with E-state index in [2.05, 4.69) is 9.05 Å². The summed E-state index contributed by atoms with van der Waals surface area (Å²) in [6.45, 7) is 3.52. The molecule has 0 spiro atoms. The lowest BCUT2D eigenvalue weighted by molar-refractivity contribution is -0.231. The largest absolute Gasteiger partial charge is 0.756 e. The maximum atomic E-state index is 11.5. The lowest BCUT2D eigenvalue weighted by Crippen LogP contribution is -2.33. The summed E-state index contributed by atoms with van der Waals surface area (Å²) in [4.78, 5) is 22.3. The Morgan fingerprint density at radius 3 is 2.78 bits per heavy atom. The van der Waals surface area contributed by atoms with Crippen molar-refractivity contribution >= 4 is 21.6 Å². The van der Waals surface area contributed by atoms with Crippen molar-refractivity contribution in [3.05, 3.63) is 0 Å². The Morgan fingerprint density at radius 1 is 1.67 bits per heavy atom. The summed E-state index contributed by atoms with van der Waals surface area (Å²) in [5, 5.41) is 8.82. The lowest BCUT2D eigenvalue weighted by atomic mass is 9.96. The summed E-state index contributed by atoms with van der Waals surface area (Å²) in [6, 6.07) is -0.860. The van der Waals surface area contributed by atoms with Gasteiger partial charge in [0, 0.05) is 6.00 Å². The van der Waals surface area contributed by atoms with Crippen LogP contribution in [0.1, 0.15) is 20.3 Å². The van der Waals surface area contributed by atoms with Crippen LogP contribution >= 0.6 is 7.82 Å². The topological polar surface area (TPSA) is 105 Å². The van der Waals surface area contributed by atoms with Gasteiger partial charge in [0.15, 0.2) is 6.10 Å². The molecule has 4 atom stereocenters. The third-order valence-corrected chi connectivity index (χ3v) is 3.19. The van der Waals surface area contributed by atoms with Crippen LogP contribution in [0.3, 0.4) is 0 Å². The second-order valence-electron chi connectivity index (χ2n) is 4.45. The van der Waals surface area contributed by atoms with Crippen molar-refractivity contribution in [2.24, 2.45) is 5.92 Å². The molecular weight excluding hydrogens is 262 g/mol. The minimum atomic E-state index is -4.55. The first-order chi connectivity index (χ1) is 8.21. The highest BCUT2D eigenvalue weighted by Crippen LogP contribution is 2.43. The average Bonchev–Trinajstić information content (AvgIpc) is 2.56. The molecular formula is C9H15BO7P-. The van der Waals surface area contributed by atoms with Crippen molar-refractivity contribution in [1.82, 2.24) is 0 Å². The number of carbonyl (C=O) groups is 1. The van der Waals surface area contributed by atoms with Crippen LogP contribution in [0.15, 0.2) is 0 Å². The van der Waals surface area contributed by atoms with E-state index < -0.39 is 32.0 Å². The van der Waals surface area contributed by atoms with Gasteiger partial charge in [0.05, 0.1) is 6.61 Å². The summed E-state index contributed by atoms with van der Waals surface area (Å²) < 4.78 is 25.6. The van der Waals surface area contributed by atoms with E-state index in [1.807, 2.05) is 0 Å². The van der Waals surface area contributed by atoms with Gasteiger partial charge in [-0.3, -0.25) is 4.57 Å². The number of phosphoric ester groups is 1. The van der Waals surface area contributed by atoms with Gasteiger partial charge in [-0.15, -0.1) is 0 Å². The molecule has 0 bridgehead atoms. The highest BCUT2D eigenvalue weighted by Gasteiger charge is 2.40. The van der Waals surface area contributed by atoms with Gasteiger partial charge in [0.25, 0.3) is 7.82 Å². The zero-order valence-electron chi connectivity index (χ0n) is 10.1. The van der Waals surface area contributed by atoms with Crippen LogP contribution in [0.2, 0.25) is 0 Å². The van der Waals surface area contributed by atoms with E-state index in [4.69, 9.17) is 17.7 Å². The average molecular weight is 277 g/mol. The number of carboxylic acid groups (broad SMARTS) is 1. The van der Waals surface area contributed by atoms with Crippen LogP contribution in [-0.2, 0) is 23.1 Å². The third-order valence-electron chi connectivity index (χ3n) is 2.20. The molecule has 1 rings (SSSR count). The van der Waals surface area contributed by atoms with Crippen molar-refractivity contribution in [3.63, 3.8) is 0 Å². The monoisotopic (exact) mass is 277 g/mol. The van der Waals surface area contributed by atoms with Crippen molar-refractivity contribution in [2.45, 2.75) is 38.5 Å². The maximum absolute atomic E-state index is 11.5. The summed E-state index contributed by atoms with van der Waals surface area (Å²) in [7, 11) is 0.848. The Kier molecular flexibility index (Phi) is 5.37. The highest BCUT2D eigenvalue weighted by molar-refractivity contribution is 7.45. The molecule has 7 nitrogen and oxygen atoms in total. The molecule has 0 aromatic rings. The Morgan fingerprint density at radius 2 is 2.28 bits per heavy atom. The minimum absolute atomic E-state index is 0.00762. The molecule has 1 unspecified atom stereocenters. The molecule has 0 aromatic carbocycles. The van der Waals surface area contributed by atoms with E-state index in [9.17, 15) is 14.3 Å². The van der Waals surface area contributed by atoms with Crippen LogP contribution in [0.25, 0.3) is 0 Å². The fourth-order valence-electron chi connectivity index (χ4n) is 1.44. The van der Waals surface area contributed by atoms with E-state index in [1.165, 1.54) is 0 Å². The Hall–Kier alpha value is -0.395. The van der Waals surface area contributed by atoms with Crippen LogP contribution < -0.4 is 4.89 Å². The third kappa shape index (κ3) is 4.70. The number of rotatable bonds is 6. The second-order valence-corrected chi connectivity index (χ2v) is 5.81. The molecule has 9 heteroatoms. The standard InChI is InChI=1S/C9H16BO7P/c1-5(2)4-15-18(13,14)17-6-3-7(10)16-8(6)9(11)12/h5-8H,3-4H2,1-2H3,(H,11,12)(H,13,14)/p-1/t6-,7-,8+/m1/s1. The summed E-state index contributed by atoms with van der Waals surface area (Å²) in [6.07, 6.45) is -2.58. The minimum Gasteiger partial charge on any atom is -0.756 e. The van der Waals surface area contributed by atoms with Crippen LogP contribution in [0.5, 0.6) is 0 Å². The van der Waals surface area contributed by atoms with E-state index in [-0.39, 0.29) is 18.9 Å². The molecule has 18 heavy (non-hydrogen) atoms. The van der Waals surface area contributed by atoms with Gasteiger partial charge < -0.3 is 23.8 Å². The molecule has 1 N–H and O–H groups in total. The normalized spacial score (nSPS) is 31.4. The van der Waals surface area contributed by atoms with E-state index in [1.54, 1.807) is 13.8 Å². The first-order valence-corrected chi connectivity index (χ1v) is 6.95. The molecule has 0 aromatic heterocycles. The van der Waals surface area contributed by atoms with Gasteiger partial charge in [-0.25, -0.2) is 4.79 Å². The number of phosphoric acid groups is 1. The smallest absolute Gasteiger partial charge is 0.335 e. The number of carboxylic acids is 1. The van der Waals surface area contributed by atoms with Crippen LogP contribution in [-0.4, -0.2) is 43.7 Å². The number of aliphatic carboxylic acids is 1. The number of hydrogen-bond acceptors (Lipinski definition) is 6. The molecule has 1 aliphatic heterocycles. The molecule has 2 radical (unpaired) electrons. The van der Waals surface area contributed by atoms with Gasteiger partial charge in [-0.2, -0.15) is 0 Å². The zero-order chi connectivity index (χ0) is 13.9. The highest BCUT2D eigenvalue weighted by atomic mass is 31.2. The molecule has 1 saturated heterocycles. The summed E-state index contributed by atoms with van der Waals surface area (Å²) in [5.74, 6) is -1.31. The van der Waals surface area contributed by atoms with Gasteiger partial charge in [0.1, 0.15) is 14.0 Å². The SMILES string of the molecule is [B][C@H]1C[C@@H](OP(=O)([O-])OCC(C)C)[C@@H](C(=O)O)O1. The van der Waals surface area contributed by atoms with Crippen molar-refractivity contribution in [3.8, 4) is 0 Å².